The predicted molar refractivity (Wildman–Crippen MR) is 167 cm³/mol. The summed E-state index contributed by atoms with van der Waals surface area (Å²) in [6.07, 6.45) is 2.87. The van der Waals surface area contributed by atoms with Gasteiger partial charge < -0.3 is 24.4 Å². The number of rotatable bonds is 11. The third-order valence-electron chi connectivity index (χ3n) is 6.49. The maximum atomic E-state index is 13.4. The van der Waals surface area contributed by atoms with Crippen molar-refractivity contribution in [3.8, 4) is 29.0 Å². The Morgan fingerprint density at radius 2 is 1.50 bits per heavy atom. The van der Waals surface area contributed by atoms with Gasteiger partial charge in [-0.15, -0.1) is 0 Å². The van der Waals surface area contributed by atoms with Crippen molar-refractivity contribution < 1.29 is 32.8 Å². The molecule has 5 aromatic rings. The van der Waals surface area contributed by atoms with Crippen molar-refractivity contribution in [2.24, 2.45) is 0 Å². The molecule has 0 aliphatic rings. The molecule has 3 aromatic carbocycles. The molecule has 0 unspecified atom stereocenters. The summed E-state index contributed by atoms with van der Waals surface area (Å²) < 4.78 is 52.5. The molecule has 230 valence electrons. The number of ether oxygens (including phenoxy) is 4. The highest BCUT2D eigenvalue weighted by Gasteiger charge is 2.23. The fourth-order valence-corrected chi connectivity index (χ4v) is 5.22. The molecule has 44 heavy (non-hydrogen) atoms. The highest BCUT2D eigenvalue weighted by atomic mass is 32.2. The van der Waals surface area contributed by atoms with Gasteiger partial charge in [0, 0.05) is 17.6 Å². The number of aromatic nitrogens is 3. The number of nitrogens with zero attached hydrogens (tertiary/aromatic N) is 3. The van der Waals surface area contributed by atoms with E-state index in [1.165, 1.54) is 13.4 Å². The second-order valence-electron chi connectivity index (χ2n) is 10.6. The summed E-state index contributed by atoms with van der Waals surface area (Å²) in [6, 6.07) is 23.2. The second-order valence-corrected chi connectivity index (χ2v) is 12.2. The molecule has 0 atom stereocenters. The molecule has 2 aromatic heterocycles. The number of benzene rings is 3. The Morgan fingerprint density at radius 1 is 0.795 bits per heavy atom. The lowest BCUT2D eigenvalue weighted by atomic mass is 9.87. The predicted octanol–water partition coefficient (Wildman–Crippen LogP) is 5.56. The number of nitrogens with one attached hydrogen (secondary N) is 1. The van der Waals surface area contributed by atoms with Crippen LogP contribution in [0.2, 0.25) is 0 Å². The summed E-state index contributed by atoms with van der Waals surface area (Å²) in [5.41, 5.74) is 0.881. The Bertz CT molecular complexity index is 1820. The van der Waals surface area contributed by atoms with Crippen molar-refractivity contribution in [2.75, 3.05) is 25.0 Å². The van der Waals surface area contributed by atoms with Gasteiger partial charge in [0.2, 0.25) is 11.6 Å². The minimum absolute atomic E-state index is 0. The van der Waals surface area contributed by atoms with Crippen LogP contribution in [0.15, 0.2) is 96.3 Å². The highest BCUT2D eigenvalue weighted by molar-refractivity contribution is 7.92. The van der Waals surface area contributed by atoms with Crippen LogP contribution in [0.5, 0.6) is 29.0 Å². The minimum atomic E-state index is -4.04. The third kappa shape index (κ3) is 7.52. The van der Waals surface area contributed by atoms with Gasteiger partial charge in [-0.25, -0.2) is 18.4 Å². The molecule has 0 fully saturated rings. The van der Waals surface area contributed by atoms with E-state index in [1.54, 1.807) is 54.7 Å². The van der Waals surface area contributed by atoms with Crippen molar-refractivity contribution in [2.45, 2.75) is 31.1 Å². The lowest BCUT2D eigenvalue weighted by Gasteiger charge is -2.19. The second kappa shape index (κ2) is 13.6. The zero-order valence-electron chi connectivity index (χ0n) is 24.8. The van der Waals surface area contributed by atoms with Crippen molar-refractivity contribution in [3.63, 3.8) is 0 Å². The molecule has 12 heteroatoms. The van der Waals surface area contributed by atoms with E-state index in [4.69, 9.17) is 18.9 Å². The Labute approximate surface area is 256 Å². The molecule has 0 saturated carbocycles. The Balaban J connectivity index is 0.00000442. The van der Waals surface area contributed by atoms with Crippen LogP contribution in [0, 0.1) is 0 Å². The summed E-state index contributed by atoms with van der Waals surface area (Å²) in [5.74, 6) is 1.30. The van der Waals surface area contributed by atoms with Gasteiger partial charge >= 0.3 is 0 Å². The maximum Gasteiger partial charge on any atom is 0.263 e. The van der Waals surface area contributed by atoms with Crippen molar-refractivity contribution in [3.05, 3.63) is 97.0 Å². The van der Waals surface area contributed by atoms with Crippen LogP contribution in [0.25, 0.3) is 10.8 Å². The molecular weight excluding hydrogens is 584 g/mol. The lowest BCUT2D eigenvalue weighted by Crippen LogP contribution is -2.17. The zero-order valence-corrected chi connectivity index (χ0v) is 25.6. The quantitative estimate of drug-likeness (QED) is 0.188. The van der Waals surface area contributed by atoms with E-state index >= 15 is 0 Å². The Hall–Kier alpha value is -4.94. The van der Waals surface area contributed by atoms with E-state index in [1.807, 2.05) is 30.3 Å². The Kier molecular flexibility index (Phi) is 9.87. The fraction of sp³-hybridized carbons (Fsp3) is 0.219. The van der Waals surface area contributed by atoms with Crippen LogP contribution in [-0.2, 0) is 15.4 Å². The SMILES string of the molecule is COc1cccc(Oc2c(NS(=O)(=O)c3ccc(C(C)(C)C)cc3)ncnc2OCCOc2nccc3ccccc23)c1.O. The number of sulfonamides is 1. The summed E-state index contributed by atoms with van der Waals surface area (Å²) in [7, 11) is -2.50. The molecule has 5 rings (SSSR count). The van der Waals surface area contributed by atoms with E-state index in [9.17, 15) is 8.42 Å². The van der Waals surface area contributed by atoms with Gasteiger partial charge in [0.1, 0.15) is 31.0 Å². The first-order chi connectivity index (χ1) is 20.6. The van der Waals surface area contributed by atoms with E-state index < -0.39 is 10.0 Å². The van der Waals surface area contributed by atoms with Crippen LogP contribution >= 0.6 is 0 Å². The largest absolute Gasteiger partial charge is 0.497 e. The van der Waals surface area contributed by atoms with Gasteiger partial charge in [-0.3, -0.25) is 4.72 Å². The first kappa shape index (κ1) is 32.0. The molecule has 0 bridgehead atoms. The smallest absolute Gasteiger partial charge is 0.263 e. The molecule has 11 nitrogen and oxygen atoms in total. The number of anilines is 1. The standard InChI is InChI=1S/C32H32N4O6S.H2O/c1-32(2,3)23-12-14-26(15-13-23)43(37,38)36-29-28(42-25-10-7-9-24(20-25)39-4)31(35-21-34-29)41-19-18-40-30-27-11-6-5-8-22(27)16-17-33-30;/h5-17,20-21H,18-19H2,1-4H3,(H,34,35,36);1H2. The number of fused-ring (bicyclic) bond motifs is 1. The van der Waals surface area contributed by atoms with Gasteiger partial charge in [0.05, 0.1) is 12.0 Å². The van der Waals surface area contributed by atoms with Gasteiger partial charge in [0.25, 0.3) is 15.9 Å². The number of pyridine rings is 1. The zero-order chi connectivity index (χ0) is 30.5. The molecule has 0 saturated heterocycles. The van der Waals surface area contributed by atoms with Crippen LogP contribution in [0.1, 0.15) is 26.3 Å². The average molecular weight is 619 g/mol. The third-order valence-corrected chi connectivity index (χ3v) is 7.85. The number of methoxy groups -OCH3 is 1. The lowest BCUT2D eigenvalue weighted by molar-refractivity contribution is 0.204. The maximum absolute atomic E-state index is 13.4. The van der Waals surface area contributed by atoms with E-state index in [0.717, 1.165) is 16.3 Å². The molecular formula is C32H34N4O7S. The minimum Gasteiger partial charge on any atom is -0.497 e. The Morgan fingerprint density at radius 3 is 2.23 bits per heavy atom. The van der Waals surface area contributed by atoms with Gasteiger partial charge in [0.15, 0.2) is 5.82 Å². The van der Waals surface area contributed by atoms with Crippen LogP contribution in [0.3, 0.4) is 0 Å². The first-order valence-corrected chi connectivity index (χ1v) is 15.0. The van der Waals surface area contributed by atoms with E-state index in [0.29, 0.717) is 17.4 Å². The molecule has 0 aliphatic heterocycles. The highest BCUT2D eigenvalue weighted by Crippen LogP contribution is 2.37. The molecule has 0 spiro atoms. The molecule has 3 N–H and O–H groups in total. The molecule has 2 heterocycles. The molecule has 0 aliphatic carbocycles. The first-order valence-electron chi connectivity index (χ1n) is 13.5. The van der Waals surface area contributed by atoms with Crippen LogP contribution < -0.4 is 23.7 Å². The fourth-order valence-electron chi connectivity index (χ4n) is 4.21. The number of hydrogen-bond acceptors (Lipinski definition) is 9. The monoisotopic (exact) mass is 618 g/mol. The van der Waals surface area contributed by atoms with E-state index in [-0.39, 0.29) is 46.4 Å². The summed E-state index contributed by atoms with van der Waals surface area (Å²) in [6.45, 7) is 6.39. The summed E-state index contributed by atoms with van der Waals surface area (Å²) in [4.78, 5) is 12.8. The van der Waals surface area contributed by atoms with Gasteiger partial charge in [-0.1, -0.05) is 57.2 Å². The van der Waals surface area contributed by atoms with Crippen LogP contribution in [0.4, 0.5) is 5.82 Å². The normalized spacial score (nSPS) is 11.4. The van der Waals surface area contributed by atoms with E-state index in [2.05, 4.69) is 40.4 Å². The van der Waals surface area contributed by atoms with Crippen molar-refractivity contribution in [1.82, 2.24) is 15.0 Å². The van der Waals surface area contributed by atoms with Gasteiger partial charge in [-0.05, 0) is 52.8 Å². The summed E-state index contributed by atoms with van der Waals surface area (Å²) in [5, 5.41) is 1.88. The summed E-state index contributed by atoms with van der Waals surface area (Å²) >= 11 is 0. The van der Waals surface area contributed by atoms with Crippen molar-refractivity contribution in [1.29, 1.82) is 0 Å². The topological polar surface area (TPSA) is 153 Å². The van der Waals surface area contributed by atoms with Gasteiger partial charge in [-0.2, -0.15) is 4.98 Å². The average Bonchev–Trinajstić information content (AvgIpc) is 3.00. The number of hydrogen-bond donors (Lipinski definition) is 1. The molecule has 0 amide bonds. The van der Waals surface area contributed by atoms with Crippen LogP contribution in [-0.4, -0.2) is 49.2 Å². The molecule has 0 radical (unpaired) electrons. The van der Waals surface area contributed by atoms with Crippen molar-refractivity contribution >= 4 is 26.6 Å².